The first-order chi connectivity index (χ1) is 10.2. The van der Waals surface area contributed by atoms with Gasteiger partial charge >= 0.3 is 5.97 Å². The summed E-state index contributed by atoms with van der Waals surface area (Å²) in [6.45, 7) is 2.47. The topological polar surface area (TPSA) is 66.4 Å². The molecule has 0 bridgehead atoms. The van der Waals surface area contributed by atoms with Gasteiger partial charge in [-0.05, 0) is 12.8 Å². The monoisotopic (exact) mass is 309 g/mol. The van der Waals surface area contributed by atoms with Crippen LogP contribution in [0.2, 0.25) is 0 Å². The number of carbonyl (C=O) groups excluding carboxylic acids is 2. The lowest BCUT2D eigenvalue weighted by Gasteiger charge is -2.28. The summed E-state index contributed by atoms with van der Waals surface area (Å²) in [7, 11) is 5.70. The van der Waals surface area contributed by atoms with Crippen molar-refractivity contribution in [2.45, 2.75) is 32.3 Å². The minimum atomic E-state index is -1.22. The highest BCUT2D eigenvalue weighted by Gasteiger charge is 2.21. The van der Waals surface area contributed by atoms with E-state index in [1.54, 1.807) is 12.2 Å². The van der Waals surface area contributed by atoms with E-state index in [1.807, 2.05) is 33.3 Å². The third kappa shape index (κ3) is 13.1. The molecule has 0 aromatic carbocycles. The molecule has 0 aliphatic carbocycles. The number of quaternary nitrogens is 1. The summed E-state index contributed by atoms with van der Waals surface area (Å²) < 4.78 is 5.67. The Kier molecular flexibility index (Phi) is 9.87. The van der Waals surface area contributed by atoms with E-state index < -0.39 is 18.0 Å². The van der Waals surface area contributed by atoms with E-state index in [1.165, 1.54) is 6.08 Å². The molecule has 0 rings (SSSR count). The molecule has 0 saturated heterocycles. The lowest BCUT2D eigenvalue weighted by molar-refractivity contribution is -0.873. The molecule has 5 heteroatoms. The fraction of sp³-hybridized carbons (Fsp3) is 0.529. The smallest absolute Gasteiger partial charge is 0.331 e. The predicted octanol–water partition coefficient (Wildman–Crippen LogP) is 1.21. The molecular formula is C17H27NO4. The zero-order chi connectivity index (χ0) is 17.0. The lowest BCUT2D eigenvalue weighted by atomic mass is 10.2. The van der Waals surface area contributed by atoms with Gasteiger partial charge in [-0.2, -0.15) is 0 Å². The average Bonchev–Trinajstić information content (AvgIpc) is 2.34. The number of ether oxygens (including phenoxy) is 1. The zero-order valence-corrected chi connectivity index (χ0v) is 14.0. The fourth-order valence-electron chi connectivity index (χ4n) is 1.78. The fourth-order valence-corrected chi connectivity index (χ4v) is 1.78. The van der Waals surface area contributed by atoms with E-state index in [4.69, 9.17) is 4.74 Å². The van der Waals surface area contributed by atoms with Crippen LogP contribution in [0.1, 0.15) is 26.2 Å². The second kappa shape index (κ2) is 10.8. The number of carbonyl (C=O) groups is 2. The number of hydrogen-bond acceptors (Lipinski definition) is 4. The maximum atomic E-state index is 11.7. The molecule has 0 aromatic heterocycles. The Morgan fingerprint density at radius 2 is 1.82 bits per heavy atom. The third-order valence-corrected chi connectivity index (χ3v) is 2.58. The van der Waals surface area contributed by atoms with Crippen LogP contribution in [-0.2, 0) is 14.3 Å². The van der Waals surface area contributed by atoms with Gasteiger partial charge in [0.15, 0.2) is 6.10 Å². The number of esters is 1. The number of hydrogen-bond donors (Lipinski definition) is 0. The SMILES string of the molecule is CC/C=C/C/C=C/C=C/C(=O)OC(CC(=O)[O-])C[N+](C)(C)C. The highest BCUT2D eigenvalue weighted by molar-refractivity contribution is 5.82. The second-order valence-electron chi connectivity index (χ2n) is 6.01. The van der Waals surface area contributed by atoms with Gasteiger partial charge in [0.05, 0.1) is 21.1 Å². The van der Waals surface area contributed by atoms with Crippen LogP contribution in [0.5, 0.6) is 0 Å². The van der Waals surface area contributed by atoms with Gasteiger partial charge in [0.25, 0.3) is 0 Å². The molecule has 0 N–H and O–H groups in total. The van der Waals surface area contributed by atoms with E-state index in [0.29, 0.717) is 11.0 Å². The van der Waals surface area contributed by atoms with Crippen LogP contribution in [0.4, 0.5) is 0 Å². The van der Waals surface area contributed by atoms with E-state index in [2.05, 4.69) is 13.0 Å². The van der Waals surface area contributed by atoms with Crippen LogP contribution >= 0.6 is 0 Å². The van der Waals surface area contributed by atoms with Crippen molar-refractivity contribution in [3.8, 4) is 0 Å². The van der Waals surface area contributed by atoms with Gasteiger partial charge in [0.2, 0.25) is 0 Å². The molecule has 22 heavy (non-hydrogen) atoms. The number of allylic oxidation sites excluding steroid dienone is 5. The quantitative estimate of drug-likeness (QED) is 0.200. The van der Waals surface area contributed by atoms with Gasteiger partial charge in [-0.15, -0.1) is 0 Å². The Morgan fingerprint density at radius 1 is 1.14 bits per heavy atom. The largest absolute Gasteiger partial charge is 0.550 e. The Morgan fingerprint density at radius 3 is 2.36 bits per heavy atom. The number of aliphatic carboxylic acids is 1. The molecular weight excluding hydrogens is 282 g/mol. The van der Waals surface area contributed by atoms with Gasteiger partial charge < -0.3 is 19.1 Å². The molecule has 0 aliphatic heterocycles. The zero-order valence-electron chi connectivity index (χ0n) is 14.0. The Labute approximate surface area is 133 Å². The van der Waals surface area contributed by atoms with Crippen LogP contribution < -0.4 is 5.11 Å². The summed E-state index contributed by atoms with van der Waals surface area (Å²) in [4.78, 5) is 22.4. The summed E-state index contributed by atoms with van der Waals surface area (Å²) in [6, 6.07) is 0. The van der Waals surface area contributed by atoms with Crippen LogP contribution in [0, 0.1) is 0 Å². The van der Waals surface area contributed by atoms with Gasteiger partial charge in [-0.25, -0.2) is 4.79 Å². The normalized spacial score (nSPS) is 14.0. The van der Waals surface area contributed by atoms with Crippen molar-refractivity contribution in [2.24, 2.45) is 0 Å². The number of rotatable bonds is 10. The van der Waals surface area contributed by atoms with Crippen LogP contribution in [0.25, 0.3) is 0 Å². The Hall–Kier alpha value is -1.88. The van der Waals surface area contributed by atoms with Crippen LogP contribution in [0.15, 0.2) is 36.5 Å². The van der Waals surface area contributed by atoms with Crippen molar-refractivity contribution in [3.05, 3.63) is 36.5 Å². The van der Waals surface area contributed by atoms with E-state index in [0.717, 1.165) is 12.8 Å². The Bertz CT molecular complexity index is 430. The van der Waals surface area contributed by atoms with E-state index >= 15 is 0 Å². The van der Waals surface area contributed by atoms with Crippen molar-refractivity contribution in [3.63, 3.8) is 0 Å². The van der Waals surface area contributed by atoms with Crippen molar-refractivity contribution in [2.75, 3.05) is 27.7 Å². The molecule has 0 amide bonds. The Balaban J connectivity index is 4.37. The standard InChI is InChI=1S/C17H27NO4/c1-5-6-7-8-9-10-11-12-17(21)22-15(13-16(19)20)14-18(2,3)4/h6-7,9-12,15H,5,8,13-14H2,1-4H3/b7-6+,10-9+,12-11+. The molecule has 0 aliphatic rings. The van der Waals surface area contributed by atoms with E-state index in [9.17, 15) is 14.7 Å². The van der Waals surface area contributed by atoms with E-state index in [-0.39, 0.29) is 6.42 Å². The summed E-state index contributed by atoms with van der Waals surface area (Å²) in [5, 5.41) is 10.7. The minimum absolute atomic E-state index is 0.299. The summed E-state index contributed by atoms with van der Waals surface area (Å²) in [5.41, 5.74) is 0. The highest BCUT2D eigenvalue weighted by Crippen LogP contribution is 2.05. The van der Waals surface area contributed by atoms with Crippen LogP contribution in [-0.4, -0.2) is 50.2 Å². The summed E-state index contributed by atoms with van der Waals surface area (Å²) in [5.74, 6) is -1.77. The number of likely N-dealkylation sites (N-methyl/N-ethyl adjacent to an activating group) is 1. The first kappa shape index (κ1) is 20.1. The molecule has 0 radical (unpaired) electrons. The van der Waals surface area contributed by atoms with Crippen molar-refractivity contribution < 1.29 is 23.9 Å². The molecule has 5 nitrogen and oxygen atoms in total. The van der Waals surface area contributed by atoms with Gasteiger partial charge in [0.1, 0.15) is 6.54 Å². The van der Waals surface area contributed by atoms with Crippen LogP contribution in [0.3, 0.4) is 0 Å². The first-order valence-corrected chi connectivity index (χ1v) is 7.43. The van der Waals surface area contributed by atoms with Gasteiger partial charge in [0, 0.05) is 18.5 Å². The summed E-state index contributed by atoms with van der Waals surface area (Å²) in [6.07, 6.45) is 11.5. The van der Waals surface area contributed by atoms with Crippen molar-refractivity contribution in [1.29, 1.82) is 0 Å². The molecule has 0 saturated carbocycles. The van der Waals surface area contributed by atoms with Crippen molar-refractivity contribution in [1.82, 2.24) is 0 Å². The maximum Gasteiger partial charge on any atom is 0.331 e. The van der Waals surface area contributed by atoms with Gasteiger partial charge in [-0.1, -0.05) is 37.3 Å². The highest BCUT2D eigenvalue weighted by atomic mass is 16.5. The predicted molar refractivity (Wildman–Crippen MR) is 84.7 cm³/mol. The molecule has 0 heterocycles. The minimum Gasteiger partial charge on any atom is -0.550 e. The molecule has 1 atom stereocenters. The maximum absolute atomic E-state index is 11.7. The second-order valence-corrected chi connectivity index (χ2v) is 6.01. The third-order valence-electron chi connectivity index (χ3n) is 2.58. The lowest BCUT2D eigenvalue weighted by Crippen LogP contribution is -2.45. The average molecular weight is 309 g/mol. The number of nitrogens with zero attached hydrogens (tertiary/aromatic N) is 1. The molecule has 0 fully saturated rings. The molecule has 0 spiro atoms. The molecule has 0 aromatic rings. The van der Waals surface area contributed by atoms with Gasteiger partial charge in [-0.3, -0.25) is 0 Å². The number of carboxylic acid groups (broad SMARTS) is 1. The van der Waals surface area contributed by atoms with Crippen molar-refractivity contribution >= 4 is 11.9 Å². The molecule has 124 valence electrons. The first-order valence-electron chi connectivity index (χ1n) is 7.43. The number of carboxylic acids is 1. The summed E-state index contributed by atoms with van der Waals surface area (Å²) >= 11 is 0. The molecule has 1 unspecified atom stereocenters.